The summed E-state index contributed by atoms with van der Waals surface area (Å²) in [6.45, 7) is -2.81. The number of aryl methyl sites for hydroxylation is 1. The van der Waals surface area contributed by atoms with Crippen LogP contribution in [0, 0.1) is 0 Å². The van der Waals surface area contributed by atoms with Gasteiger partial charge in [-0.1, -0.05) is 18.5 Å². The number of halogens is 2. The van der Waals surface area contributed by atoms with Crippen molar-refractivity contribution in [2.45, 2.75) is 13.2 Å². The number of rotatable bonds is 1. The summed E-state index contributed by atoms with van der Waals surface area (Å²) in [6.07, 6.45) is -1.55. The van der Waals surface area contributed by atoms with E-state index in [2.05, 4.69) is 25.9 Å². The summed E-state index contributed by atoms with van der Waals surface area (Å²) in [6, 6.07) is 0. The Bertz CT molecular complexity index is 380. The van der Waals surface area contributed by atoms with Gasteiger partial charge in [-0.3, -0.25) is 0 Å². The molecule has 4 heteroatoms. The highest BCUT2D eigenvalue weighted by molar-refractivity contribution is 9.10. The Labute approximate surface area is 79.8 Å². The van der Waals surface area contributed by atoms with Crippen molar-refractivity contribution in [3.8, 4) is 0 Å². The van der Waals surface area contributed by atoms with E-state index in [1.165, 1.54) is 0 Å². The van der Waals surface area contributed by atoms with E-state index in [1.807, 2.05) is 0 Å². The molecule has 0 amide bonds. The van der Waals surface area contributed by atoms with Crippen molar-refractivity contribution < 1.29 is 6.85 Å². The van der Waals surface area contributed by atoms with Gasteiger partial charge in [0.05, 0.1) is 10.2 Å². The van der Waals surface area contributed by atoms with Crippen molar-refractivity contribution in [3.63, 3.8) is 0 Å². The Hall–Kier alpha value is -0.150. The van der Waals surface area contributed by atoms with Crippen molar-refractivity contribution in [2.24, 2.45) is 0 Å². The van der Waals surface area contributed by atoms with E-state index in [4.69, 9.17) is 18.5 Å². The summed E-state index contributed by atoms with van der Waals surface area (Å²) in [7, 11) is 0. The van der Waals surface area contributed by atoms with Gasteiger partial charge in [-0.25, -0.2) is 9.97 Å². The van der Waals surface area contributed by atoms with E-state index in [-0.39, 0.29) is 15.3 Å². The van der Waals surface area contributed by atoms with Crippen LogP contribution in [-0.2, 0) is 6.37 Å². The van der Waals surface area contributed by atoms with Crippen molar-refractivity contribution in [2.75, 3.05) is 0 Å². The first-order valence-corrected chi connectivity index (χ1v) is 3.51. The molecule has 54 valence electrons. The third kappa shape index (κ3) is 1.47. The Morgan fingerprint density at radius 2 is 2.70 bits per heavy atom. The molecule has 0 bridgehead atoms. The summed E-state index contributed by atoms with van der Waals surface area (Å²) in [4.78, 5) is 7.19. The molecule has 0 aromatic carbocycles. The maximum absolute atomic E-state index is 7.48. The van der Waals surface area contributed by atoms with E-state index >= 15 is 0 Å². The Balaban J connectivity index is 3.34. The van der Waals surface area contributed by atoms with Crippen LogP contribution >= 0.6 is 27.5 Å². The summed E-state index contributed by atoms with van der Waals surface area (Å²) < 4.78 is 36.2. The maximum Gasteiger partial charge on any atom is 0.146 e. The topological polar surface area (TPSA) is 25.8 Å². The summed E-state index contributed by atoms with van der Waals surface area (Å²) in [5.41, 5.74) is -0.275. The number of hydrogen-bond acceptors (Lipinski definition) is 2. The Morgan fingerprint density at radius 1 is 1.90 bits per heavy atom. The zero-order valence-electron chi connectivity index (χ0n) is 9.73. The summed E-state index contributed by atoms with van der Waals surface area (Å²) in [5.74, 6) is 0. The second-order valence-corrected chi connectivity index (χ2v) is 2.60. The molecule has 10 heavy (non-hydrogen) atoms. The zero-order valence-corrected chi connectivity index (χ0v) is 7.07. The molecule has 0 radical (unpaired) electrons. The number of aromatic nitrogens is 2. The van der Waals surface area contributed by atoms with Crippen molar-refractivity contribution in [3.05, 3.63) is 21.6 Å². The van der Waals surface area contributed by atoms with Gasteiger partial charge in [-0.2, -0.15) is 0 Å². The second kappa shape index (κ2) is 3.30. The third-order valence-corrected chi connectivity index (χ3v) is 2.13. The normalized spacial score (nSPS) is 20.0. The van der Waals surface area contributed by atoms with Crippen LogP contribution < -0.4 is 0 Å². The molecule has 0 aliphatic carbocycles. The average molecular weight is 227 g/mol. The lowest BCUT2D eigenvalue weighted by molar-refractivity contribution is 0.984. The van der Waals surface area contributed by atoms with Gasteiger partial charge in [-0.05, 0) is 22.3 Å². The van der Waals surface area contributed by atoms with Gasteiger partial charge >= 0.3 is 0 Å². The molecule has 0 aliphatic rings. The highest BCUT2D eigenvalue weighted by Gasteiger charge is 2.02. The molecule has 0 N–H and O–H groups in total. The van der Waals surface area contributed by atoms with Gasteiger partial charge in [0.15, 0.2) is 0 Å². The first kappa shape index (κ1) is 3.50. The summed E-state index contributed by atoms with van der Waals surface area (Å²) >= 11 is 8.58. The van der Waals surface area contributed by atoms with Gasteiger partial charge in [-0.15, -0.1) is 0 Å². The van der Waals surface area contributed by atoms with Crippen LogP contribution in [0.25, 0.3) is 0 Å². The van der Waals surface area contributed by atoms with Crippen LogP contribution in [0.2, 0.25) is 5.15 Å². The predicted octanol–water partition coefficient (Wildman–Crippen LogP) is 2.45. The molecular weight excluding hydrogens is 215 g/mol. The monoisotopic (exact) mass is 225 g/mol. The minimum Gasteiger partial charge on any atom is -0.240 e. The van der Waals surface area contributed by atoms with Gasteiger partial charge in [0.1, 0.15) is 11.5 Å². The minimum atomic E-state index is -2.81. The Kier molecular flexibility index (Phi) is 1.16. The number of nitrogens with zero attached hydrogens (tertiary/aromatic N) is 2. The van der Waals surface area contributed by atoms with Gasteiger partial charge in [0, 0.05) is 6.85 Å². The van der Waals surface area contributed by atoms with E-state index in [9.17, 15) is 0 Å². The molecule has 0 aliphatic heterocycles. The smallest absolute Gasteiger partial charge is 0.146 e. The lowest BCUT2D eigenvalue weighted by atomic mass is 10.3. The SMILES string of the molecule is [2H]C([2H])([2H])C([2H])([2H])c1ncnc(Cl)c1Br. The van der Waals surface area contributed by atoms with E-state index < -0.39 is 13.2 Å². The maximum atomic E-state index is 7.48. The van der Waals surface area contributed by atoms with Crippen molar-refractivity contribution in [1.82, 2.24) is 9.97 Å². The van der Waals surface area contributed by atoms with Gasteiger partial charge in [0.2, 0.25) is 0 Å². The molecule has 1 aromatic rings. The average Bonchev–Trinajstić information content (AvgIpc) is 2.07. The quantitative estimate of drug-likeness (QED) is 0.688. The lowest BCUT2D eigenvalue weighted by Crippen LogP contribution is -1.90. The fraction of sp³-hybridized carbons (Fsp3) is 0.333. The third-order valence-electron chi connectivity index (χ3n) is 0.865. The van der Waals surface area contributed by atoms with Crippen molar-refractivity contribution >= 4 is 27.5 Å². The molecule has 1 rings (SSSR count). The molecule has 0 saturated heterocycles. The highest BCUT2D eigenvalue weighted by atomic mass is 79.9. The first-order valence-electron chi connectivity index (χ1n) is 4.84. The van der Waals surface area contributed by atoms with Crippen LogP contribution in [0.5, 0.6) is 0 Å². The standard InChI is InChI=1S/C6H6BrClN2/c1-2-4-5(7)6(8)10-3-9-4/h3H,2H2,1H3/i1D3,2D2. The van der Waals surface area contributed by atoms with E-state index in [0.29, 0.717) is 0 Å². The first-order chi connectivity index (χ1) is 6.68. The molecule has 0 atom stereocenters. The largest absolute Gasteiger partial charge is 0.240 e. The molecule has 0 unspecified atom stereocenters. The second-order valence-electron chi connectivity index (χ2n) is 1.45. The lowest BCUT2D eigenvalue weighted by Gasteiger charge is -1.98. The van der Waals surface area contributed by atoms with Crippen molar-refractivity contribution in [1.29, 1.82) is 0 Å². The molecule has 2 nitrogen and oxygen atoms in total. The fourth-order valence-corrected chi connectivity index (χ4v) is 0.873. The van der Waals surface area contributed by atoms with Crippen LogP contribution in [0.1, 0.15) is 19.4 Å². The molecular formula is C6H6BrClN2. The predicted molar refractivity (Wildman–Crippen MR) is 44.1 cm³/mol. The highest BCUT2D eigenvalue weighted by Crippen LogP contribution is 2.21. The molecule has 0 saturated carbocycles. The van der Waals surface area contributed by atoms with Crippen LogP contribution in [-0.4, -0.2) is 9.97 Å². The molecule has 1 heterocycles. The van der Waals surface area contributed by atoms with Gasteiger partial charge < -0.3 is 0 Å². The van der Waals surface area contributed by atoms with Crippen LogP contribution in [0.3, 0.4) is 0 Å². The van der Waals surface area contributed by atoms with E-state index in [1.54, 1.807) is 0 Å². The number of hydrogen-bond donors (Lipinski definition) is 0. The molecule has 0 spiro atoms. The van der Waals surface area contributed by atoms with Crippen LogP contribution in [0.4, 0.5) is 0 Å². The minimum absolute atomic E-state index is 0.0203. The zero-order chi connectivity index (χ0) is 11.9. The van der Waals surface area contributed by atoms with E-state index in [0.717, 1.165) is 6.33 Å². The van der Waals surface area contributed by atoms with Crippen LogP contribution in [0.15, 0.2) is 10.8 Å². The summed E-state index contributed by atoms with van der Waals surface area (Å²) in [5, 5.41) is -0.0203. The Morgan fingerprint density at radius 3 is 3.40 bits per heavy atom. The van der Waals surface area contributed by atoms with Gasteiger partial charge in [0.25, 0.3) is 0 Å². The molecule has 1 aromatic heterocycles. The fourth-order valence-electron chi connectivity index (χ4n) is 0.435. The molecule has 0 fully saturated rings.